The van der Waals surface area contributed by atoms with E-state index in [9.17, 15) is 9.90 Å². The Bertz CT molecular complexity index is 817. The Kier molecular flexibility index (Phi) is 2.85. The Balaban J connectivity index is 1.89. The molecule has 0 amide bonds. The molecular formula is C17H18N4O2. The minimum absolute atomic E-state index is 0.0649. The second-order valence-electron chi connectivity index (χ2n) is 6.98. The molecule has 0 fully saturated rings. The van der Waals surface area contributed by atoms with Gasteiger partial charge in [0.15, 0.2) is 5.78 Å². The Morgan fingerprint density at radius 1 is 1.26 bits per heavy atom. The fraction of sp³-hybridized carbons (Fsp3) is 0.353. The molecule has 2 aromatic rings. The number of aromatic nitrogens is 3. The number of Topliss-reactive ketones (excluding diaryl/α,β-unsaturated/α-hetero) is 1. The lowest BCUT2D eigenvalue weighted by Crippen LogP contribution is -2.36. The van der Waals surface area contributed by atoms with Crippen LogP contribution in [0.3, 0.4) is 0 Å². The predicted molar refractivity (Wildman–Crippen MR) is 84.9 cm³/mol. The van der Waals surface area contributed by atoms with Gasteiger partial charge in [0.05, 0.1) is 0 Å². The molecule has 118 valence electrons. The van der Waals surface area contributed by atoms with Gasteiger partial charge in [-0.15, -0.1) is 0 Å². The molecule has 1 atom stereocenters. The van der Waals surface area contributed by atoms with E-state index in [1.165, 1.54) is 6.33 Å². The molecule has 0 saturated heterocycles. The fourth-order valence-corrected chi connectivity index (χ4v) is 3.51. The van der Waals surface area contributed by atoms with Crippen molar-refractivity contribution in [3.8, 4) is 5.75 Å². The van der Waals surface area contributed by atoms with Gasteiger partial charge in [-0.2, -0.15) is 10.1 Å². The normalized spacial score (nSPS) is 22.3. The third-order valence-electron chi connectivity index (χ3n) is 4.48. The first-order chi connectivity index (χ1) is 10.9. The Labute approximate surface area is 133 Å². The highest BCUT2D eigenvalue weighted by Crippen LogP contribution is 2.45. The summed E-state index contributed by atoms with van der Waals surface area (Å²) in [6.45, 7) is 4.20. The molecule has 1 unspecified atom stereocenters. The number of nitrogens with one attached hydrogen (secondary N) is 1. The third kappa shape index (κ3) is 2.21. The zero-order chi connectivity index (χ0) is 16.2. The first-order valence-electron chi connectivity index (χ1n) is 7.66. The van der Waals surface area contributed by atoms with E-state index < -0.39 is 0 Å². The third-order valence-corrected chi connectivity index (χ3v) is 4.48. The zero-order valence-corrected chi connectivity index (χ0v) is 13.1. The number of ketones is 1. The largest absolute Gasteiger partial charge is 0.508 e. The van der Waals surface area contributed by atoms with Gasteiger partial charge in [0, 0.05) is 17.7 Å². The lowest BCUT2D eigenvalue weighted by atomic mass is 9.73. The molecule has 6 heteroatoms. The summed E-state index contributed by atoms with van der Waals surface area (Å²) in [5, 5.41) is 17.1. The van der Waals surface area contributed by atoms with E-state index in [0.717, 1.165) is 23.3 Å². The molecule has 1 aromatic heterocycles. The van der Waals surface area contributed by atoms with E-state index in [2.05, 4.69) is 29.2 Å². The first kappa shape index (κ1) is 14.0. The van der Waals surface area contributed by atoms with Gasteiger partial charge in [0.2, 0.25) is 5.95 Å². The lowest BCUT2D eigenvalue weighted by molar-refractivity contribution is -0.118. The van der Waals surface area contributed by atoms with Crippen molar-refractivity contribution < 1.29 is 9.90 Å². The molecule has 4 rings (SSSR count). The Hall–Kier alpha value is -2.63. The highest BCUT2D eigenvalue weighted by atomic mass is 16.3. The van der Waals surface area contributed by atoms with Crippen LogP contribution < -0.4 is 5.32 Å². The van der Waals surface area contributed by atoms with Gasteiger partial charge in [-0.1, -0.05) is 26.0 Å². The number of fused-ring (bicyclic) bond motifs is 1. The van der Waals surface area contributed by atoms with Crippen LogP contribution in [0.1, 0.15) is 38.3 Å². The number of rotatable bonds is 1. The number of carbonyl (C=O) groups excluding carboxylic acids is 1. The molecule has 1 aliphatic heterocycles. The number of benzene rings is 1. The van der Waals surface area contributed by atoms with Crippen LogP contribution in [0.15, 0.2) is 41.9 Å². The van der Waals surface area contributed by atoms with Crippen LogP contribution in [0, 0.1) is 5.41 Å². The summed E-state index contributed by atoms with van der Waals surface area (Å²) >= 11 is 0. The number of aromatic hydroxyl groups is 1. The summed E-state index contributed by atoms with van der Waals surface area (Å²) in [5.41, 5.74) is 2.54. The molecule has 0 saturated carbocycles. The Morgan fingerprint density at radius 3 is 2.74 bits per heavy atom. The highest BCUT2D eigenvalue weighted by molar-refractivity contribution is 6.00. The number of nitrogens with zero attached hydrogens (tertiary/aromatic N) is 3. The average Bonchev–Trinajstić information content (AvgIpc) is 2.92. The van der Waals surface area contributed by atoms with E-state index >= 15 is 0 Å². The molecule has 0 spiro atoms. The second kappa shape index (κ2) is 4.68. The molecular weight excluding hydrogens is 292 g/mol. The van der Waals surface area contributed by atoms with E-state index in [1.807, 2.05) is 12.1 Å². The maximum atomic E-state index is 12.8. The van der Waals surface area contributed by atoms with Gasteiger partial charge in [-0.3, -0.25) is 4.79 Å². The minimum atomic E-state index is -0.298. The van der Waals surface area contributed by atoms with Gasteiger partial charge in [-0.25, -0.2) is 4.68 Å². The van der Waals surface area contributed by atoms with Crippen LogP contribution in [-0.4, -0.2) is 25.7 Å². The van der Waals surface area contributed by atoms with E-state index in [0.29, 0.717) is 12.4 Å². The topological polar surface area (TPSA) is 80.0 Å². The number of hydrogen-bond donors (Lipinski definition) is 2. The second-order valence-corrected chi connectivity index (χ2v) is 6.98. The lowest BCUT2D eigenvalue weighted by Gasteiger charge is -2.38. The van der Waals surface area contributed by atoms with Gasteiger partial charge in [0.1, 0.15) is 18.1 Å². The summed E-state index contributed by atoms with van der Waals surface area (Å²) < 4.78 is 1.74. The minimum Gasteiger partial charge on any atom is -0.508 e. The standard InChI is InChI=1S/C17H18N4O2/c1-17(2)7-12-14(13(23)8-17)15(10-3-5-11(22)6-4-10)21-16(20-12)18-9-19-21/h3-6,9,15,22H,7-8H2,1-2H3,(H,18,19,20). The number of anilines is 1. The quantitative estimate of drug-likeness (QED) is 0.846. The fourth-order valence-electron chi connectivity index (χ4n) is 3.51. The molecule has 1 aliphatic carbocycles. The van der Waals surface area contributed by atoms with E-state index in [-0.39, 0.29) is 23.0 Å². The van der Waals surface area contributed by atoms with Crippen molar-refractivity contribution >= 4 is 11.7 Å². The SMILES string of the molecule is CC1(C)CC(=O)C2=C(C1)Nc1ncnn1C2c1ccc(O)cc1. The summed E-state index contributed by atoms with van der Waals surface area (Å²) in [6.07, 6.45) is 2.81. The number of phenolic OH excluding ortho intramolecular Hbond substituents is 1. The smallest absolute Gasteiger partial charge is 0.226 e. The number of allylic oxidation sites excluding steroid dienone is 2. The van der Waals surface area contributed by atoms with Gasteiger partial charge < -0.3 is 10.4 Å². The van der Waals surface area contributed by atoms with Crippen LogP contribution in [-0.2, 0) is 4.79 Å². The monoisotopic (exact) mass is 310 g/mol. The summed E-state index contributed by atoms with van der Waals surface area (Å²) in [5.74, 6) is 0.988. The zero-order valence-electron chi connectivity index (χ0n) is 13.1. The van der Waals surface area contributed by atoms with Crippen LogP contribution in [0.2, 0.25) is 0 Å². The molecule has 2 N–H and O–H groups in total. The van der Waals surface area contributed by atoms with Gasteiger partial charge in [-0.05, 0) is 29.5 Å². The molecule has 2 aliphatic rings. The highest BCUT2D eigenvalue weighted by Gasteiger charge is 2.41. The van der Waals surface area contributed by atoms with Crippen molar-refractivity contribution in [1.82, 2.24) is 14.8 Å². The van der Waals surface area contributed by atoms with Crippen LogP contribution >= 0.6 is 0 Å². The predicted octanol–water partition coefficient (Wildman–Crippen LogP) is 2.64. The van der Waals surface area contributed by atoms with E-state index in [1.54, 1.807) is 16.8 Å². The van der Waals surface area contributed by atoms with Crippen molar-refractivity contribution in [2.24, 2.45) is 5.41 Å². The summed E-state index contributed by atoms with van der Waals surface area (Å²) in [7, 11) is 0. The number of phenols is 1. The molecule has 6 nitrogen and oxygen atoms in total. The summed E-state index contributed by atoms with van der Waals surface area (Å²) in [6, 6.07) is 6.62. The summed E-state index contributed by atoms with van der Waals surface area (Å²) in [4.78, 5) is 17.1. The Morgan fingerprint density at radius 2 is 2.00 bits per heavy atom. The van der Waals surface area contributed by atoms with E-state index in [4.69, 9.17) is 0 Å². The average molecular weight is 310 g/mol. The van der Waals surface area contributed by atoms with Crippen molar-refractivity contribution in [2.75, 3.05) is 5.32 Å². The molecule has 2 heterocycles. The van der Waals surface area contributed by atoms with Crippen LogP contribution in [0.5, 0.6) is 5.75 Å². The number of carbonyl (C=O) groups is 1. The molecule has 23 heavy (non-hydrogen) atoms. The van der Waals surface area contributed by atoms with Gasteiger partial charge in [0.25, 0.3) is 0 Å². The van der Waals surface area contributed by atoms with Crippen molar-refractivity contribution in [1.29, 1.82) is 0 Å². The number of hydrogen-bond acceptors (Lipinski definition) is 5. The van der Waals surface area contributed by atoms with Crippen molar-refractivity contribution in [2.45, 2.75) is 32.7 Å². The van der Waals surface area contributed by atoms with Crippen molar-refractivity contribution in [3.63, 3.8) is 0 Å². The van der Waals surface area contributed by atoms with Crippen LogP contribution in [0.4, 0.5) is 5.95 Å². The first-order valence-corrected chi connectivity index (χ1v) is 7.66. The maximum Gasteiger partial charge on any atom is 0.226 e. The molecule has 0 bridgehead atoms. The molecule has 1 aromatic carbocycles. The van der Waals surface area contributed by atoms with Gasteiger partial charge >= 0.3 is 0 Å². The molecule has 0 radical (unpaired) electrons. The van der Waals surface area contributed by atoms with Crippen LogP contribution in [0.25, 0.3) is 0 Å². The maximum absolute atomic E-state index is 12.8. The van der Waals surface area contributed by atoms with Crippen molar-refractivity contribution in [3.05, 3.63) is 47.4 Å².